The Morgan fingerprint density at radius 2 is 1.78 bits per heavy atom. The molecule has 0 amide bonds. The van der Waals surface area contributed by atoms with Crippen molar-refractivity contribution in [2.24, 2.45) is 0 Å². The van der Waals surface area contributed by atoms with Gasteiger partial charge in [0, 0.05) is 6.54 Å². The van der Waals surface area contributed by atoms with E-state index < -0.39 is 5.76 Å². The van der Waals surface area contributed by atoms with Gasteiger partial charge >= 0.3 is 5.76 Å². The molecule has 0 saturated carbocycles. The van der Waals surface area contributed by atoms with Crippen molar-refractivity contribution in [3.8, 4) is 0 Å². The Kier molecular flexibility index (Phi) is 4.88. The van der Waals surface area contributed by atoms with Crippen LogP contribution in [-0.2, 0) is 6.42 Å². The van der Waals surface area contributed by atoms with Crippen molar-refractivity contribution in [3.05, 3.63) is 70.7 Å². The number of nitrogens with one attached hydrogen (secondary N) is 1. The summed E-state index contributed by atoms with van der Waals surface area (Å²) in [5, 5.41) is 3.53. The van der Waals surface area contributed by atoms with Crippen LogP contribution in [0.25, 0.3) is 11.1 Å². The second-order valence-corrected chi connectivity index (χ2v) is 5.73. The predicted octanol–water partition coefficient (Wildman–Crippen LogP) is 3.34. The Morgan fingerprint density at radius 3 is 2.61 bits per heavy atom. The minimum absolute atomic E-state index is 0.389. The molecular weight excluding hydrogens is 308 g/mol. The number of para-hydroxylation sites is 2. The Labute approximate surface area is 139 Å². The summed E-state index contributed by atoms with van der Waals surface area (Å²) in [7, 11) is 0. The summed E-state index contributed by atoms with van der Waals surface area (Å²) in [5.74, 6) is -0.451. The standard InChI is InChI=1S/C18H18N2O2S/c21-18-20(15-11-4-5-12-16(15)22-18)17(23)19-13-7-6-10-14-8-2-1-3-9-14/h1-5,8-9,11-12H,6-7,10,13H2,(H,19,23). The van der Waals surface area contributed by atoms with Gasteiger partial charge in [-0.1, -0.05) is 42.5 Å². The molecule has 3 rings (SSSR count). The number of fused-ring (bicyclic) bond motifs is 1. The highest BCUT2D eigenvalue weighted by Gasteiger charge is 2.11. The van der Waals surface area contributed by atoms with Crippen molar-refractivity contribution in [3.63, 3.8) is 0 Å². The Hall–Kier alpha value is -2.40. The fourth-order valence-corrected chi connectivity index (χ4v) is 2.81. The summed E-state index contributed by atoms with van der Waals surface area (Å²) in [6.07, 6.45) is 3.10. The molecule has 0 radical (unpaired) electrons. The van der Waals surface area contributed by atoms with Crippen LogP contribution in [0.4, 0.5) is 0 Å². The van der Waals surface area contributed by atoms with E-state index in [4.69, 9.17) is 16.6 Å². The van der Waals surface area contributed by atoms with Crippen LogP contribution in [0.5, 0.6) is 0 Å². The first kappa shape index (κ1) is 15.5. The smallest absolute Gasteiger partial charge is 0.407 e. The quantitative estimate of drug-likeness (QED) is 0.577. The number of rotatable bonds is 5. The predicted molar refractivity (Wildman–Crippen MR) is 95.9 cm³/mol. The average Bonchev–Trinajstić information content (AvgIpc) is 2.91. The molecule has 5 heteroatoms. The molecule has 118 valence electrons. The lowest BCUT2D eigenvalue weighted by Gasteiger charge is -2.08. The molecule has 23 heavy (non-hydrogen) atoms. The topological polar surface area (TPSA) is 47.2 Å². The van der Waals surface area contributed by atoms with Crippen LogP contribution in [-0.4, -0.2) is 16.2 Å². The molecule has 4 nitrogen and oxygen atoms in total. The molecule has 1 heterocycles. The van der Waals surface area contributed by atoms with Crippen LogP contribution in [0.3, 0.4) is 0 Å². The van der Waals surface area contributed by atoms with Gasteiger partial charge in [-0.15, -0.1) is 0 Å². The van der Waals surface area contributed by atoms with Gasteiger partial charge in [-0.3, -0.25) is 0 Å². The zero-order valence-corrected chi connectivity index (χ0v) is 13.5. The third-order valence-corrected chi connectivity index (χ3v) is 4.03. The Balaban J connectivity index is 1.53. The van der Waals surface area contributed by atoms with E-state index in [-0.39, 0.29) is 0 Å². The van der Waals surface area contributed by atoms with Crippen molar-refractivity contribution >= 4 is 28.4 Å². The lowest BCUT2D eigenvalue weighted by atomic mass is 10.1. The zero-order valence-electron chi connectivity index (χ0n) is 12.7. The van der Waals surface area contributed by atoms with Gasteiger partial charge in [-0.05, 0) is 49.2 Å². The van der Waals surface area contributed by atoms with Gasteiger partial charge in [0.25, 0.3) is 0 Å². The summed E-state index contributed by atoms with van der Waals surface area (Å²) < 4.78 is 6.59. The van der Waals surface area contributed by atoms with E-state index >= 15 is 0 Å². The molecule has 0 aliphatic heterocycles. The number of hydrogen-bond acceptors (Lipinski definition) is 3. The largest absolute Gasteiger partial charge is 0.426 e. The molecule has 0 bridgehead atoms. The summed E-state index contributed by atoms with van der Waals surface area (Å²) in [6.45, 7) is 0.734. The van der Waals surface area contributed by atoms with E-state index in [0.717, 1.165) is 25.8 Å². The van der Waals surface area contributed by atoms with Crippen molar-refractivity contribution in [2.75, 3.05) is 6.54 Å². The minimum Gasteiger partial charge on any atom is -0.407 e. The molecule has 3 aromatic rings. The van der Waals surface area contributed by atoms with Crippen LogP contribution in [0.1, 0.15) is 18.4 Å². The maximum absolute atomic E-state index is 11.9. The summed E-state index contributed by atoms with van der Waals surface area (Å²) in [5.41, 5.74) is 2.58. The molecule has 1 aromatic heterocycles. The highest BCUT2D eigenvalue weighted by molar-refractivity contribution is 7.80. The molecule has 2 aromatic carbocycles. The Morgan fingerprint density at radius 1 is 1.04 bits per heavy atom. The lowest BCUT2D eigenvalue weighted by molar-refractivity contribution is 0.543. The summed E-state index contributed by atoms with van der Waals surface area (Å²) >= 11 is 5.32. The first-order valence-corrected chi connectivity index (χ1v) is 8.09. The molecule has 0 unspecified atom stereocenters. The number of unbranched alkanes of at least 4 members (excludes halogenated alkanes) is 1. The van der Waals surface area contributed by atoms with Crippen LogP contribution in [0, 0.1) is 0 Å². The fraction of sp³-hybridized carbons (Fsp3) is 0.222. The molecule has 0 fully saturated rings. The molecule has 1 N–H and O–H groups in total. The zero-order chi connectivity index (χ0) is 16.1. The molecular formula is C18H18N2O2S. The van der Waals surface area contributed by atoms with Gasteiger partial charge in [-0.25, -0.2) is 9.36 Å². The first-order valence-electron chi connectivity index (χ1n) is 7.68. The number of hydrogen-bond donors (Lipinski definition) is 1. The maximum atomic E-state index is 11.9. The monoisotopic (exact) mass is 326 g/mol. The molecule has 0 aliphatic rings. The van der Waals surface area contributed by atoms with Crippen molar-refractivity contribution < 1.29 is 4.42 Å². The second kappa shape index (κ2) is 7.24. The van der Waals surface area contributed by atoms with Gasteiger partial charge in [0.15, 0.2) is 10.7 Å². The van der Waals surface area contributed by atoms with E-state index in [2.05, 4.69) is 29.6 Å². The normalized spacial score (nSPS) is 10.8. The SMILES string of the molecule is O=c1oc2ccccc2n1C(=S)NCCCCc1ccccc1. The van der Waals surface area contributed by atoms with E-state index in [1.807, 2.05) is 24.3 Å². The van der Waals surface area contributed by atoms with Crippen LogP contribution < -0.4 is 11.1 Å². The third-order valence-electron chi connectivity index (χ3n) is 3.70. The average molecular weight is 326 g/mol. The van der Waals surface area contributed by atoms with Gasteiger partial charge in [0.2, 0.25) is 0 Å². The summed E-state index contributed by atoms with van der Waals surface area (Å²) in [4.78, 5) is 11.9. The van der Waals surface area contributed by atoms with Gasteiger partial charge < -0.3 is 9.73 Å². The number of oxazole rings is 1. The number of thiocarbonyl (C=S) groups is 1. The van der Waals surface area contributed by atoms with Crippen LogP contribution in [0.15, 0.2) is 63.8 Å². The van der Waals surface area contributed by atoms with E-state index in [1.54, 1.807) is 6.07 Å². The first-order chi connectivity index (χ1) is 11.3. The highest BCUT2D eigenvalue weighted by Crippen LogP contribution is 2.11. The van der Waals surface area contributed by atoms with Gasteiger partial charge in [0.1, 0.15) is 0 Å². The van der Waals surface area contributed by atoms with Gasteiger partial charge in [0.05, 0.1) is 5.52 Å². The minimum atomic E-state index is -0.451. The van der Waals surface area contributed by atoms with Crippen LogP contribution >= 0.6 is 12.2 Å². The van der Waals surface area contributed by atoms with Crippen molar-refractivity contribution in [2.45, 2.75) is 19.3 Å². The highest BCUT2D eigenvalue weighted by atomic mass is 32.1. The molecule has 0 spiro atoms. The van der Waals surface area contributed by atoms with Crippen LogP contribution in [0.2, 0.25) is 0 Å². The number of nitrogens with zero attached hydrogens (tertiary/aromatic N) is 1. The number of benzene rings is 2. The lowest BCUT2D eigenvalue weighted by Crippen LogP contribution is -2.34. The van der Waals surface area contributed by atoms with Gasteiger partial charge in [-0.2, -0.15) is 0 Å². The van der Waals surface area contributed by atoms with E-state index in [1.165, 1.54) is 10.1 Å². The molecule has 0 aliphatic carbocycles. The summed E-state index contributed by atoms with van der Waals surface area (Å²) in [6, 6.07) is 17.7. The number of aryl methyl sites for hydroxylation is 1. The van der Waals surface area contributed by atoms with E-state index in [0.29, 0.717) is 16.2 Å². The molecule has 0 saturated heterocycles. The number of aromatic nitrogens is 1. The maximum Gasteiger partial charge on any atom is 0.426 e. The fourth-order valence-electron chi connectivity index (χ4n) is 2.53. The van der Waals surface area contributed by atoms with Crippen molar-refractivity contribution in [1.29, 1.82) is 0 Å². The molecule has 0 atom stereocenters. The van der Waals surface area contributed by atoms with E-state index in [9.17, 15) is 4.79 Å². The third kappa shape index (κ3) is 3.68. The van der Waals surface area contributed by atoms with Crippen molar-refractivity contribution in [1.82, 2.24) is 9.88 Å². The Bertz CT molecular complexity index is 852. The second-order valence-electron chi connectivity index (χ2n) is 5.35.